The van der Waals surface area contributed by atoms with Crippen molar-refractivity contribution in [3.63, 3.8) is 0 Å². The van der Waals surface area contributed by atoms with Crippen LogP contribution in [-0.2, 0) is 19.7 Å². The molecule has 0 heterocycles. The van der Waals surface area contributed by atoms with E-state index in [1.807, 2.05) is 14.0 Å². The van der Waals surface area contributed by atoms with Gasteiger partial charge in [-0.3, -0.25) is 9.59 Å². The van der Waals surface area contributed by atoms with Crippen LogP contribution in [0.25, 0.3) is 0 Å². The van der Waals surface area contributed by atoms with E-state index < -0.39 is 0 Å². The third kappa shape index (κ3) is 8.13. The highest BCUT2D eigenvalue weighted by Gasteiger charge is 2.44. The molecule has 7 heteroatoms. The Hall–Kier alpha value is -1.23. The largest absolute Gasteiger partial charge is 0.466 e. The highest BCUT2D eigenvalue weighted by Crippen LogP contribution is 2.53. The number of hydrogen-bond acceptors (Lipinski definition) is 4. The number of fused-ring (bicyclic) bond motifs is 1. The number of amides is 1. The molecule has 5 nitrogen and oxygen atoms in total. The van der Waals surface area contributed by atoms with Crippen molar-refractivity contribution in [2.75, 3.05) is 20.2 Å². The van der Waals surface area contributed by atoms with Crippen molar-refractivity contribution in [1.29, 1.82) is 0 Å². The molecule has 0 bridgehead atoms. The molecule has 0 aliphatic heterocycles. The van der Waals surface area contributed by atoms with E-state index in [9.17, 15) is 9.59 Å². The van der Waals surface area contributed by atoms with E-state index in [1.54, 1.807) is 0 Å². The summed E-state index contributed by atoms with van der Waals surface area (Å²) in [6.07, 6.45) is 7.76. The van der Waals surface area contributed by atoms with Gasteiger partial charge in [-0.2, -0.15) is 0 Å². The second-order valence-corrected chi connectivity index (χ2v) is 13.2. The van der Waals surface area contributed by atoms with Crippen molar-refractivity contribution in [2.45, 2.75) is 95.2 Å². The van der Waals surface area contributed by atoms with Gasteiger partial charge in [0.15, 0.2) is 0 Å². The summed E-state index contributed by atoms with van der Waals surface area (Å²) >= 11 is 3.74. The molecule has 1 amide bonds. The highest BCUT2D eigenvalue weighted by molar-refractivity contribution is 9.10. The van der Waals surface area contributed by atoms with Crippen LogP contribution < -0.4 is 10.6 Å². The number of hydrogen-bond donors (Lipinski definition) is 2. The monoisotopic (exact) mass is 580 g/mol. The minimum Gasteiger partial charge on any atom is -0.466 e. The van der Waals surface area contributed by atoms with Gasteiger partial charge in [0.2, 0.25) is 6.41 Å². The number of nitrogens with one attached hydrogen (secondary N) is 2. The van der Waals surface area contributed by atoms with E-state index in [2.05, 4.69) is 81.4 Å². The lowest BCUT2D eigenvalue weighted by Crippen LogP contribution is -2.39. The molecule has 1 aromatic rings. The molecular formula is C29H46BrN2O3P. The van der Waals surface area contributed by atoms with Crippen LogP contribution in [0.2, 0.25) is 0 Å². The fraction of sp³-hybridized carbons (Fsp3) is 0.655. The van der Waals surface area contributed by atoms with Gasteiger partial charge in [0, 0.05) is 10.5 Å². The standard InChI is InChI=1S/C18H26BrNO2.C11H20NOP/c1-4-18(9-10-20-3)12-13(11-16(21)22-5-2)14-7-6-8-15(19)17(14)18;1-8-4-10(9(2)12-7-13)6-11(3,14)5-8/h6-8,13,20H,4-5,9-12H2,1-3H3;7,9-10H,1,4-6,14H2,2-3H3,(H,12,13). The van der Waals surface area contributed by atoms with Crippen LogP contribution >= 0.6 is 25.2 Å². The minimum atomic E-state index is -0.0843. The topological polar surface area (TPSA) is 67.4 Å². The lowest BCUT2D eigenvalue weighted by Gasteiger charge is -2.38. The Morgan fingerprint density at radius 1 is 1.36 bits per heavy atom. The van der Waals surface area contributed by atoms with Gasteiger partial charge in [0.05, 0.1) is 13.0 Å². The molecule has 36 heavy (non-hydrogen) atoms. The van der Waals surface area contributed by atoms with Crippen LogP contribution in [0.3, 0.4) is 0 Å². The van der Waals surface area contributed by atoms with Crippen LogP contribution in [0.15, 0.2) is 34.8 Å². The van der Waals surface area contributed by atoms with Crippen LogP contribution in [0.4, 0.5) is 0 Å². The number of allylic oxidation sites excluding steroid dienone is 1. The molecule has 1 fully saturated rings. The Morgan fingerprint density at radius 2 is 2.08 bits per heavy atom. The molecule has 1 saturated carbocycles. The first kappa shape index (κ1) is 31.0. The smallest absolute Gasteiger partial charge is 0.306 e. The maximum Gasteiger partial charge on any atom is 0.306 e. The number of halogens is 1. The predicted octanol–water partition coefficient (Wildman–Crippen LogP) is 6.26. The Morgan fingerprint density at radius 3 is 2.67 bits per heavy atom. The Kier molecular flexibility index (Phi) is 12.1. The lowest BCUT2D eigenvalue weighted by atomic mass is 9.76. The number of carbonyl (C=O) groups is 2. The predicted molar refractivity (Wildman–Crippen MR) is 157 cm³/mol. The van der Waals surface area contributed by atoms with Gasteiger partial charge < -0.3 is 15.4 Å². The molecular weight excluding hydrogens is 535 g/mol. The van der Waals surface area contributed by atoms with Gasteiger partial charge >= 0.3 is 5.97 Å². The van der Waals surface area contributed by atoms with Gasteiger partial charge in [-0.1, -0.05) is 54.1 Å². The van der Waals surface area contributed by atoms with Crippen LogP contribution in [-0.4, -0.2) is 43.8 Å². The zero-order valence-electron chi connectivity index (χ0n) is 22.8. The number of ether oxygens (including phenoxy) is 1. The quantitative estimate of drug-likeness (QED) is 0.148. The third-order valence-corrected chi connectivity index (χ3v) is 8.97. The van der Waals surface area contributed by atoms with Crippen LogP contribution in [0.1, 0.15) is 89.7 Å². The van der Waals surface area contributed by atoms with Crippen molar-refractivity contribution >= 4 is 37.5 Å². The molecule has 2 N–H and O–H groups in total. The average Bonchev–Trinajstić information content (AvgIpc) is 3.12. The first-order valence-electron chi connectivity index (χ1n) is 13.3. The minimum absolute atomic E-state index is 0.0843. The summed E-state index contributed by atoms with van der Waals surface area (Å²) in [6.45, 7) is 13.9. The first-order chi connectivity index (χ1) is 17.0. The molecule has 1 aromatic carbocycles. The second-order valence-electron chi connectivity index (χ2n) is 10.9. The lowest BCUT2D eigenvalue weighted by molar-refractivity contribution is -0.143. The summed E-state index contributed by atoms with van der Waals surface area (Å²) in [5.41, 5.74) is 4.18. The number of carbonyl (C=O) groups excluding carboxylic acids is 2. The zero-order valence-corrected chi connectivity index (χ0v) is 25.5. The fourth-order valence-corrected chi connectivity index (χ4v) is 7.56. The van der Waals surface area contributed by atoms with E-state index in [1.165, 1.54) is 21.2 Å². The van der Waals surface area contributed by atoms with Crippen molar-refractivity contribution in [3.05, 3.63) is 46.0 Å². The summed E-state index contributed by atoms with van der Waals surface area (Å²) < 4.78 is 6.34. The van der Waals surface area contributed by atoms with Gasteiger partial charge in [-0.15, -0.1) is 9.24 Å². The number of benzene rings is 1. The summed E-state index contributed by atoms with van der Waals surface area (Å²) in [6, 6.07) is 6.63. The first-order valence-corrected chi connectivity index (χ1v) is 14.6. The van der Waals surface area contributed by atoms with Crippen molar-refractivity contribution < 1.29 is 14.3 Å². The van der Waals surface area contributed by atoms with Gasteiger partial charge in [0.1, 0.15) is 0 Å². The SMILES string of the molecule is C=C1CC(C(C)NC=O)CC(C)(P)C1.CCOC(=O)CC1CC(CC)(CCNC)c2c(Br)cccc21. The second kappa shape index (κ2) is 14.1. The van der Waals surface area contributed by atoms with Crippen LogP contribution in [0, 0.1) is 5.92 Å². The summed E-state index contributed by atoms with van der Waals surface area (Å²) in [7, 11) is 4.91. The summed E-state index contributed by atoms with van der Waals surface area (Å²) in [4.78, 5) is 22.3. The highest BCUT2D eigenvalue weighted by atomic mass is 79.9. The Labute approximate surface area is 229 Å². The van der Waals surface area contributed by atoms with E-state index in [0.717, 1.165) is 51.5 Å². The summed E-state index contributed by atoms with van der Waals surface area (Å²) in [5, 5.41) is 6.38. The van der Waals surface area contributed by atoms with E-state index >= 15 is 0 Å². The fourth-order valence-electron chi connectivity index (χ4n) is 6.17. The average molecular weight is 582 g/mol. The van der Waals surface area contributed by atoms with Crippen LogP contribution in [0.5, 0.6) is 0 Å². The molecule has 0 aromatic heterocycles. The normalized spacial score (nSPS) is 27.9. The van der Waals surface area contributed by atoms with Gasteiger partial charge in [-0.25, -0.2) is 0 Å². The van der Waals surface area contributed by atoms with Crippen molar-refractivity contribution in [3.8, 4) is 0 Å². The molecule has 6 unspecified atom stereocenters. The maximum atomic E-state index is 12.0. The Bertz CT molecular complexity index is 907. The van der Waals surface area contributed by atoms with E-state index in [0.29, 0.717) is 18.9 Å². The van der Waals surface area contributed by atoms with Gasteiger partial charge in [0.25, 0.3) is 0 Å². The van der Waals surface area contributed by atoms with Crippen molar-refractivity contribution in [2.24, 2.45) is 5.92 Å². The zero-order chi connectivity index (χ0) is 26.9. The Balaban J connectivity index is 0.000000281. The molecule has 202 valence electrons. The van der Waals surface area contributed by atoms with Gasteiger partial charge in [-0.05, 0) is 106 Å². The molecule has 2 aliphatic carbocycles. The molecule has 0 radical (unpaired) electrons. The number of esters is 1. The van der Waals surface area contributed by atoms with Crippen molar-refractivity contribution in [1.82, 2.24) is 10.6 Å². The molecule has 2 aliphatic rings. The molecule has 0 spiro atoms. The third-order valence-electron chi connectivity index (χ3n) is 7.87. The van der Waals surface area contributed by atoms with E-state index in [-0.39, 0.29) is 28.5 Å². The number of rotatable bonds is 10. The molecule has 3 rings (SSSR count). The summed E-state index contributed by atoms with van der Waals surface area (Å²) in [5.74, 6) is 0.714. The molecule has 0 saturated heterocycles. The van der Waals surface area contributed by atoms with E-state index in [4.69, 9.17) is 4.74 Å². The molecule has 6 atom stereocenters. The maximum absolute atomic E-state index is 12.0.